The van der Waals surface area contributed by atoms with Crippen LogP contribution >= 0.6 is 0 Å². The highest BCUT2D eigenvalue weighted by Crippen LogP contribution is 2.34. The van der Waals surface area contributed by atoms with Crippen LogP contribution in [0.1, 0.15) is 38.5 Å². The molecule has 3 N–H and O–H groups in total. The number of hydrogen-bond donors (Lipinski definition) is 3. The van der Waals surface area contributed by atoms with Crippen molar-refractivity contribution in [3.05, 3.63) is 0 Å². The maximum atomic E-state index is 13.3. The van der Waals surface area contributed by atoms with E-state index >= 15 is 0 Å². The second-order valence-electron chi connectivity index (χ2n) is 4.95. The topological polar surface area (TPSA) is 78.4 Å². The number of carboxylic acids is 1. The number of alkyl halides is 2. The van der Waals surface area contributed by atoms with Crippen LogP contribution in [0.15, 0.2) is 0 Å². The Morgan fingerprint density at radius 1 is 1.26 bits per heavy atom. The molecule has 0 spiro atoms. The molecule has 0 aliphatic heterocycles. The van der Waals surface area contributed by atoms with Crippen molar-refractivity contribution in [2.24, 2.45) is 5.92 Å². The lowest BCUT2D eigenvalue weighted by Gasteiger charge is -2.20. The smallest absolute Gasteiger partial charge is 0.314 e. The predicted octanol–water partition coefficient (Wildman–Crippen LogP) is 1.98. The summed E-state index contributed by atoms with van der Waals surface area (Å²) in [5.74, 6) is -3.85. The largest absolute Gasteiger partial charge is 0.481 e. The molecule has 1 atom stereocenters. The monoisotopic (exact) mass is 278 g/mol. The van der Waals surface area contributed by atoms with Crippen LogP contribution < -0.4 is 10.6 Å². The van der Waals surface area contributed by atoms with Crippen LogP contribution in [0.5, 0.6) is 0 Å². The SMILES string of the molecule is O=C(O)CCNC(=O)NCC1CCCCC(F)(F)C1. The fraction of sp³-hybridized carbons (Fsp3) is 0.833. The summed E-state index contributed by atoms with van der Waals surface area (Å²) in [6.07, 6.45) is 1.54. The molecule has 0 heterocycles. The molecule has 1 aliphatic carbocycles. The first-order valence-corrected chi connectivity index (χ1v) is 6.50. The Kier molecular flexibility index (Phi) is 5.98. The molecule has 1 fully saturated rings. The van der Waals surface area contributed by atoms with E-state index in [1.54, 1.807) is 0 Å². The minimum absolute atomic E-state index is 0.0298. The van der Waals surface area contributed by atoms with Crippen molar-refractivity contribution in [2.75, 3.05) is 13.1 Å². The first kappa shape index (κ1) is 15.7. The minimum Gasteiger partial charge on any atom is -0.481 e. The van der Waals surface area contributed by atoms with Gasteiger partial charge >= 0.3 is 12.0 Å². The van der Waals surface area contributed by atoms with Crippen molar-refractivity contribution in [2.45, 2.75) is 44.4 Å². The van der Waals surface area contributed by atoms with Gasteiger partial charge in [-0.25, -0.2) is 13.6 Å². The average Bonchev–Trinajstić information content (AvgIpc) is 2.47. The van der Waals surface area contributed by atoms with Gasteiger partial charge in [0.15, 0.2) is 0 Å². The van der Waals surface area contributed by atoms with E-state index in [9.17, 15) is 18.4 Å². The van der Waals surface area contributed by atoms with Crippen molar-refractivity contribution in [3.8, 4) is 0 Å². The third-order valence-electron chi connectivity index (χ3n) is 3.17. The molecule has 1 saturated carbocycles. The van der Waals surface area contributed by atoms with E-state index in [2.05, 4.69) is 10.6 Å². The molecule has 0 bridgehead atoms. The molecule has 0 aromatic rings. The van der Waals surface area contributed by atoms with Gasteiger partial charge < -0.3 is 15.7 Å². The number of halogens is 2. The molecule has 0 aromatic heterocycles. The second kappa shape index (κ2) is 7.25. The van der Waals surface area contributed by atoms with Crippen LogP contribution in [0.3, 0.4) is 0 Å². The Morgan fingerprint density at radius 2 is 2.00 bits per heavy atom. The average molecular weight is 278 g/mol. The number of urea groups is 1. The Labute approximate surface area is 110 Å². The van der Waals surface area contributed by atoms with E-state index in [0.29, 0.717) is 12.8 Å². The fourth-order valence-corrected chi connectivity index (χ4v) is 2.20. The van der Waals surface area contributed by atoms with Gasteiger partial charge in [-0.1, -0.05) is 6.42 Å². The van der Waals surface area contributed by atoms with Gasteiger partial charge in [0, 0.05) is 25.9 Å². The van der Waals surface area contributed by atoms with E-state index in [-0.39, 0.29) is 38.3 Å². The van der Waals surface area contributed by atoms with Crippen molar-refractivity contribution >= 4 is 12.0 Å². The number of carbonyl (C=O) groups is 2. The molecule has 0 saturated heterocycles. The Morgan fingerprint density at radius 3 is 2.68 bits per heavy atom. The Bertz CT molecular complexity index is 324. The van der Waals surface area contributed by atoms with E-state index in [0.717, 1.165) is 6.42 Å². The third-order valence-corrected chi connectivity index (χ3v) is 3.17. The van der Waals surface area contributed by atoms with Crippen LogP contribution in [0.25, 0.3) is 0 Å². The van der Waals surface area contributed by atoms with Crippen LogP contribution in [-0.4, -0.2) is 36.1 Å². The zero-order valence-electron chi connectivity index (χ0n) is 10.8. The van der Waals surface area contributed by atoms with E-state index in [1.807, 2.05) is 0 Å². The highest BCUT2D eigenvalue weighted by Gasteiger charge is 2.34. The molecule has 7 heteroatoms. The molecule has 0 radical (unpaired) electrons. The summed E-state index contributed by atoms with van der Waals surface area (Å²) >= 11 is 0. The van der Waals surface area contributed by atoms with Crippen molar-refractivity contribution in [1.82, 2.24) is 10.6 Å². The lowest BCUT2D eigenvalue weighted by molar-refractivity contribution is -0.136. The summed E-state index contributed by atoms with van der Waals surface area (Å²) in [4.78, 5) is 21.6. The molecular formula is C12H20F2N2O3. The number of carboxylic acid groups (broad SMARTS) is 1. The molecule has 1 unspecified atom stereocenters. The number of amides is 2. The van der Waals surface area contributed by atoms with E-state index in [4.69, 9.17) is 5.11 Å². The fourth-order valence-electron chi connectivity index (χ4n) is 2.20. The number of nitrogens with one attached hydrogen (secondary N) is 2. The zero-order valence-corrected chi connectivity index (χ0v) is 10.8. The van der Waals surface area contributed by atoms with Gasteiger partial charge in [-0.3, -0.25) is 4.79 Å². The lowest BCUT2D eigenvalue weighted by Crippen LogP contribution is -2.39. The van der Waals surface area contributed by atoms with Crippen molar-refractivity contribution in [3.63, 3.8) is 0 Å². The van der Waals surface area contributed by atoms with Gasteiger partial charge in [-0.2, -0.15) is 0 Å². The molecule has 2 amide bonds. The first-order valence-electron chi connectivity index (χ1n) is 6.50. The standard InChI is InChI=1S/C12H20F2N2O3/c13-12(14)5-2-1-3-9(7-12)8-16-11(19)15-6-4-10(17)18/h9H,1-8H2,(H,17,18)(H2,15,16,19). The van der Waals surface area contributed by atoms with Gasteiger partial charge in [-0.05, 0) is 18.8 Å². The van der Waals surface area contributed by atoms with Crippen LogP contribution in [0.4, 0.5) is 13.6 Å². The van der Waals surface area contributed by atoms with Gasteiger partial charge in [0.05, 0.1) is 6.42 Å². The van der Waals surface area contributed by atoms with Crippen LogP contribution in [-0.2, 0) is 4.79 Å². The third kappa shape index (κ3) is 6.93. The van der Waals surface area contributed by atoms with Gasteiger partial charge in [0.25, 0.3) is 0 Å². The molecular weight excluding hydrogens is 258 g/mol. The maximum absolute atomic E-state index is 13.3. The number of rotatable bonds is 5. The maximum Gasteiger partial charge on any atom is 0.314 e. The van der Waals surface area contributed by atoms with Crippen LogP contribution in [0, 0.1) is 5.92 Å². The highest BCUT2D eigenvalue weighted by atomic mass is 19.3. The van der Waals surface area contributed by atoms with Gasteiger partial charge in [-0.15, -0.1) is 0 Å². The van der Waals surface area contributed by atoms with Gasteiger partial charge in [0.2, 0.25) is 5.92 Å². The highest BCUT2D eigenvalue weighted by molar-refractivity contribution is 5.74. The van der Waals surface area contributed by atoms with Crippen molar-refractivity contribution in [1.29, 1.82) is 0 Å². The molecule has 110 valence electrons. The van der Waals surface area contributed by atoms with Gasteiger partial charge in [0.1, 0.15) is 0 Å². The van der Waals surface area contributed by atoms with Crippen molar-refractivity contribution < 1.29 is 23.5 Å². The minimum atomic E-state index is -2.64. The Hall–Kier alpha value is -1.40. The molecule has 19 heavy (non-hydrogen) atoms. The second-order valence-corrected chi connectivity index (χ2v) is 4.95. The summed E-state index contributed by atoms with van der Waals surface area (Å²) in [6.45, 7) is 0.233. The Balaban J connectivity index is 2.23. The molecule has 0 aromatic carbocycles. The predicted molar refractivity (Wildman–Crippen MR) is 65.2 cm³/mol. The molecule has 1 rings (SSSR count). The summed E-state index contributed by atoms with van der Waals surface area (Å²) in [6, 6.07) is -0.506. The summed E-state index contributed by atoms with van der Waals surface area (Å²) in [7, 11) is 0. The quantitative estimate of drug-likeness (QED) is 0.673. The van der Waals surface area contributed by atoms with E-state index in [1.165, 1.54) is 0 Å². The van der Waals surface area contributed by atoms with Crippen LogP contribution in [0.2, 0.25) is 0 Å². The number of hydrogen-bond acceptors (Lipinski definition) is 2. The normalized spacial score (nSPS) is 22.3. The van der Waals surface area contributed by atoms with E-state index < -0.39 is 17.9 Å². The number of aliphatic carboxylic acids is 1. The first-order chi connectivity index (χ1) is 8.89. The summed E-state index contributed by atoms with van der Waals surface area (Å²) in [5, 5.41) is 13.3. The zero-order chi connectivity index (χ0) is 14.3. The molecule has 5 nitrogen and oxygen atoms in total. The lowest BCUT2D eigenvalue weighted by atomic mass is 9.99. The number of carbonyl (C=O) groups excluding carboxylic acids is 1. The molecule has 1 aliphatic rings. The summed E-state index contributed by atoms with van der Waals surface area (Å²) < 4.78 is 26.7. The summed E-state index contributed by atoms with van der Waals surface area (Å²) in [5.41, 5.74) is 0.